The molecule has 4 aliphatic rings. The van der Waals surface area contributed by atoms with Gasteiger partial charge in [0.05, 0.1) is 6.10 Å². The van der Waals surface area contributed by atoms with Crippen molar-refractivity contribution >= 4 is 5.78 Å². The highest BCUT2D eigenvalue weighted by Gasteiger charge is 2.69. The molecule has 4 rings (SSSR count). The minimum Gasteiger partial charge on any atom is -0.393 e. The standard InChI is InChI=1S/C20H32O2/c1-12-13-10-14(21)16-19(4)8-5-7-18(2,3)15(19)6-9-20(16,11-13)17(12)22/h12-16,21H,5-11H2,1-4H3. The summed E-state index contributed by atoms with van der Waals surface area (Å²) in [4.78, 5) is 13.2. The van der Waals surface area contributed by atoms with Gasteiger partial charge in [-0.25, -0.2) is 0 Å². The number of hydrogen-bond acceptors (Lipinski definition) is 2. The molecule has 0 radical (unpaired) electrons. The van der Waals surface area contributed by atoms with E-state index in [2.05, 4.69) is 27.7 Å². The van der Waals surface area contributed by atoms with Gasteiger partial charge >= 0.3 is 0 Å². The predicted octanol–water partition coefficient (Wildman–Crippen LogP) is 4.21. The summed E-state index contributed by atoms with van der Waals surface area (Å²) in [6, 6.07) is 0. The molecule has 4 fully saturated rings. The number of Topliss-reactive ketones (excluding diaryl/α,β-unsaturated/α-hetero) is 1. The van der Waals surface area contributed by atoms with Crippen LogP contribution in [0.4, 0.5) is 0 Å². The van der Waals surface area contributed by atoms with Crippen LogP contribution in [0.1, 0.15) is 72.6 Å². The molecule has 4 saturated carbocycles. The third-order valence-corrected chi connectivity index (χ3v) is 8.63. The molecule has 0 aromatic heterocycles. The van der Waals surface area contributed by atoms with E-state index >= 15 is 0 Å². The van der Waals surface area contributed by atoms with E-state index in [4.69, 9.17) is 0 Å². The van der Waals surface area contributed by atoms with E-state index in [9.17, 15) is 9.90 Å². The first-order valence-electron chi connectivity index (χ1n) is 9.45. The lowest BCUT2D eigenvalue weighted by Crippen LogP contribution is -2.61. The molecule has 2 bridgehead atoms. The van der Waals surface area contributed by atoms with Gasteiger partial charge in [-0.1, -0.05) is 34.1 Å². The first kappa shape index (κ1) is 15.2. The zero-order valence-corrected chi connectivity index (χ0v) is 14.7. The van der Waals surface area contributed by atoms with Gasteiger partial charge in [-0.2, -0.15) is 0 Å². The average Bonchev–Trinajstić information content (AvgIpc) is 2.59. The summed E-state index contributed by atoms with van der Waals surface area (Å²) in [6.45, 7) is 9.38. The predicted molar refractivity (Wildman–Crippen MR) is 87.3 cm³/mol. The second-order valence-corrected chi connectivity index (χ2v) is 9.99. The van der Waals surface area contributed by atoms with Crippen LogP contribution in [0.5, 0.6) is 0 Å². The van der Waals surface area contributed by atoms with Crippen molar-refractivity contribution < 1.29 is 9.90 Å². The molecule has 2 heteroatoms. The number of carbonyl (C=O) groups is 1. The molecule has 0 saturated heterocycles. The summed E-state index contributed by atoms with van der Waals surface area (Å²) in [5.74, 6) is 2.00. The Hall–Kier alpha value is -0.370. The van der Waals surface area contributed by atoms with Gasteiger partial charge in [0, 0.05) is 17.3 Å². The Morgan fingerprint density at radius 3 is 2.59 bits per heavy atom. The van der Waals surface area contributed by atoms with E-state index < -0.39 is 0 Å². The summed E-state index contributed by atoms with van der Waals surface area (Å²) in [5.41, 5.74) is 0.336. The highest BCUT2D eigenvalue weighted by molar-refractivity contribution is 5.90. The molecule has 2 nitrogen and oxygen atoms in total. The lowest BCUT2D eigenvalue weighted by Gasteiger charge is -2.64. The first-order valence-corrected chi connectivity index (χ1v) is 9.45. The van der Waals surface area contributed by atoms with Gasteiger partial charge in [0.2, 0.25) is 0 Å². The van der Waals surface area contributed by atoms with Gasteiger partial charge in [0.1, 0.15) is 5.78 Å². The van der Waals surface area contributed by atoms with Crippen LogP contribution in [0.15, 0.2) is 0 Å². The molecule has 0 aliphatic heterocycles. The molecule has 0 heterocycles. The molecule has 1 N–H and O–H groups in total. The number of aliphatic hydroxyl groups is 1. The topological polar surface area (TPSA) is 37.3 Å². The van der Waals surface area contributed by atoms with Gasteiger partial charge in [-0.3, -0.25) is 4.79 Å². The smallest absolute Gasteiger partial charge is 0.142 e. The number of fused-ring (bicyclic) bond motifs is 3. The molecule has 0 aromatic carbocycles. The first-order chi connectivity index (χ1) is 10.2. The van der Waals surface area contributed by atoms with Crippen molar-refractivity contribution in [2.45, 2.75) is 78.7 Å². The van der Waals surface area contributed by atoms with E-state index in [1.807, 2.05) is 0 Å². The molecule has 22 heavy (non-hydrogen) atoms. The van der Waals surface area contributed by atoms with Crippen LogP contribution in [0, 0.1) is 39.9 Å². The summed E-state index contributed by atoms with van der Waals surface area (Å²) in [7, 11) is 0. The van der Waals surface area contributed by atoms with E-state index in [-0.39, 0.29) is 28.8 Å². The Balaban J connectivity index is 1.82. The third kappa shape index (κ3) is 1.63. The average molecular weight is 304 g/mol. The Morgan fingerprint density at radius 2 is 1.86 bits per heavy atom. The second-order valence-electron chi connectivity index (χ2n) is 9.99. The minimum atomic E-state index is -0.255. The largest absolute Gasteiger partial charge is 0.393 e. The molecular formula is C20H32O2. The highest BCUT2D eigenvalue weighted by Crippen LogP contribution is 2.71. The van der Waals surface area contributed by atoms with Crippen molar-refractivity contribution in [3.05, 3.63) is 0 Å². The van der Waals surface area contributed by atoms with Crippen molar-refractivity contribution in [3.8, 4) is 0 Å². The van der Waals surface area contributed by atoms with Crippen LogP contribution < -0.4 is 0 Å². The van der Waals surface area contributed by atoms with Crippen molar-refractivity contribution in [1.82, 2.24) is 0 Å². The maximum Gasteiger partial charge on any atom is 0.142 e. The fourth-order valence-corrected chi connectivity index (χ4v) is 7.91. The van der Waals surface area contributed by atoms with E-state index in [0.717, 1.165) is 19.3 Å². The number of aliphatic hydroxyl groups excluding tert-OH is 1. The third-order valence-electron chi connectivity index (χ3n) is 8.63. The van der Waals surface area contributed by atoms with Gasteiger partial charge in [-0.05, 0) is 61.2 Å². The van der Waals surface area contributed by atoms with E-state index in [1.54, 1.807) is 0 Å². The number of hydrogen-bond donors (Lipinski definition) is 1. The van der Waals surface area contributed by atoms with Crippen molar-refractivity contribution in [2.75, 3.05) is 0 Å². The number of ketones is 1. The maximum atomic E-state index is 13.2. The molecule has 0 aromatic rings. The Bertz CT molecular complexity index is 510. The van der Waals surface area contributed by atoms with Gasteiger partial charge < -0.3 is 5.11 Å². The zero-order valence-electron chi connectivity index (χ0n) is 14.7. The monoisotopic (exact) mass is 304 g/mol. The Kier molecular flexibility index (Phi) is 3.02. The van der Waals surface area contributed by atoms with Crippen molar-refractivity contribution in [2.24, 2.45) is 39.9 Å². The Labute approximate surface area is 135 Å². The van der Waals surface area contributed by atoms with Crippen LogP contribution in [0.3, 0.4) is 0 Å². The Morgan fingerprint density at radius 1 is 1.14 bits per heavy atom. The van der Waals surface area contributed by atoms with Crippen LogP contribution >= 0.6 is 0 Å². The summed E-state index contributed by atoms with van der Waals surface area (Å²) in [5, 5.41) is 11.0. The molecule has 7 unspecified atom stereocenters. The molecule has 124 valence electrons. The van der Waals surface area contributed by atoms with Gasteiger partial charge in [-0.15, -0.1) is 0 Å². The van der Waals surface area contributed by atoms with Crippen molar-refractivity contribution in [1.29, 1.82) is 0 Å². The van der Waals surface area contributed by atoms with Crippen LogP contribution in [-0.4, -0.2) is 17.0 Å². The normalized spacial score (nSPS) is 56.4. The minimum absolute atomic E-state index is 0.157. The zero-order chi connectivity index (χ0) is 15.9. The van der Waals surface area contributed by atoms with Gasteiger partial charge in [0.15, 0.2) is 0 Å². The number of rotatable bonds is 0. The molecular weight excluding hydrogens is 272 g/mol. The SMILES string of the molecule is CC1C(=O)C23CCC4C(C)(C)CCCC4(C)C2C(O)CC1C3. The fourth-order valence-electron chi connectivity index (χ4n) is 7.91. The summed E-state index contributed by atoms with van der Waals surface area (Å²) >= 11 is 0. The van der Waals surface area contributed by atoms with Crippen LogP contribution in [-0.2, 0) is 4.79 Å². The molecule has 4 aliphatic carbocycles. The highest BCUT2D eigenvalue weighted by atomic mass is 16.3. The van der Waals surface area contributed by atoms with Crippen LogP contribution in [0.25, 0.3) is 0 Å². The molecule has 0 amide bonds. The maximum absolute atomic E-state index is 13.2. The van der Waals surface area contributed by atoms with E-state index in [0.29, 0.717) is 23.0 Å². The fraction of sp³-hybridized carbons (Fsp3) is 0.950. The lowest BCUT2D eigenvalue weighted by molar-refractivity contribution is -0.187. The van der Waals surface area contributed by atoms with E-state index in [1.165, 1.54) is 25.7 Å². The van der Waals surface area contributed by atoms with Crippen molar-refractivity contribution in [3.63, 3.8) is 0 Å². The lowest BCUT2D eigenvalue weighted by atomic mass is 9.40. The summed E-state index contributed by atoms with van der Waals surface area (Å²) < 4.78 is 0. The molecule has 7 atom stereocenters. The van der Waals surface area contributed by atoms with Gasteiger partial charge in [0.25, 0.3) is 0 Å². The number of carbonyl (C=O) groups excluding carboxylic acids is 1. The quantitative estimate of drug-likeness (QED) is 0.728. The summed E-state index contributed by atoms with van der Waals surface area (Å²) in [6.07, 6.45) is 7.67. The second kappa shape index (κ2) is 4.37. The van der Waals surface area contributed by atoms with Crippen LogP contribution in [0.2, 0.25) is 0 Å². The molecule has 1 spiro atoms.